The molecule has 2 unspecified atom stereocenters. The van der Waals surface area contributed by atoms with Crippen LogP contribution in [-0.2, 0) is 9.53 Å². The highest BCUT2D eigenvalue weighted by molar-refractivity contribution is 5.81. The van der Waals surface area contributed by atoms with E-state index in [4.69, 9.17) is 15.6 Å². The van der Waals surface area contributed by atoms with Crippen LogP contribution in [0.2, 0.25) is 0 Å². The lowest BCUT2D eigenvalue weighted by Gasteiger charge is -2.16. The van der Waals surface area contributed by atoms with E-state index in [-0.39, 0.29) is 5.82 Å². The Morgan fingerprint density at radius 1 is 1.33 bits per heavy atom. The summed E-state index contributed by atoms with van der Waals surface area (Å²) in [5.41, 5.74) is 6.33. The number of imidazole rings is 1. The van der Waals surface area contributed by atoms with Crippen LogP contribution in [0.5, 0.6) is 0 Å². The minimum Gasteiger partial charge on any atom is -0.481 e. The molecule has 5 N–H and O–H groups in total. The lowest BCUT2D eigenvalue weighted by Crippen LogP contribution is -2.32. The third kappa shape index (κ3) is 2.18. The summed E-state index contributed by atoms with van der Waals surface area (Å²) in [5, 5.41) is 28.7. The maximum Gasteiger partial charge on any atom is 0.306 e. The second kappa shape index (κ2) is 4.91. The fourth-order valence-electron chi connectivity index (χ4n) is 2.36. The molecule has 3 rings (SSSR count). The number of rotatable bonds is 3. The third-order valence-electron chi connectivity index (χ3n) is 3.37. The van der Waals surface area contributed by atoms with Crippen molar-refractivity contribution in [3.05, 3.63) is 12.7 Å². The Morgan fingerprint density at radius 3 is 2.81 bits per heavy atom. The number of hydrogen-bond donors (Lipinski definition) is 4. The normalized spacial score (nSPS) is 29.0. The number of nitrogen functional groups attached to an aromatic ring is 1. The maximum absolute atomic E-state index is 10.7. The molecule has 0 spiro atoms. The summed E-state index contributed by atoms with van der Waals surface area (Å²) in [7, 11) is 0. The van der Waals surface area contributed by atoms with E-state index < -0.39 is 36.9 Å². The van der Waals surface area contributed by atoms with Crippen molar-refractivity contribution < 1.29 is 24.9 Å². The van der Waals surface area contributed by atoms with Crippen molar-refractivity contribution in [1.29, 1.82) is 0 Å². The van der Waals surface area contributed by atoms with Crippen LogP contribution in [0.15, 0.2) is 12.7 Å². The molecule has 1 saturated heterocycles. The van der Waals surface area contributed by atoms with Gasteiger partial charge in [-0.1, -0.05) is 0 Å². The molecule has 1 aliphatic heterocycles. The first-order valence-corrected chi connectivity index (χ1v) is 6.15. The summed E-state index contributed by atoms with van der Waals surface area (Å²) >= 11 is 0. The lowest BCUT2D eigenvalue weighted by atomic mass is 10.1. The predicted octanol–water partition coefficient (Wildman–Crippen LogP) is -1.50. The molecular formula is C11H13N5O5. The minimum absolute atomic E-state index is 0.175. The Bertz CT molecular complexity index is 689. The number of carbonyl (C=O) groups is 1. The molecule has 10 heteroatoms. The standard InChI is InChI=1S/C11H13N5O5/c12-9-6-10(14-2-13-9)16(3-15-6)11-8(20)7(19)4(21-11)1-5(17)18/h2-4,7-8,11,19-20H,1H2,(H,17,18)(H2,12,13,14)/t4-,7?,8?,11-/m1/s1. The number of aliphatic carboxylic acids is 1. The van der Waals surface area contributed by atoms with Gasteiger partial charge in [0.15, 0.2) is 17.7 Å². The predicted molar refractivity (Wildman–Crippen MR) is 67.9 cm³/mol. The maximum atomic E-state index is 10.7. The van der Waals surface area contributed by atoms with Crippen molar-refractivity contribution in [3.8, 4) is 0 Å². The number of fused-ring (bicyclic) bond motifs is 1. The Balaban J connectivity index is 1.96. The number of nitrogens with zero attached hydrogens (tertiary/aromatic N) is 4. The van der Waals surface area contributed by atoms with Gasteiger partial charge in [0.25, 0.3) is 0 Å². The van der Waals surface area contributed by atoms with E-state index in [0.717, 1.165) is 0 Å². The highest BCUT2D eigenvalue weighted by atomic mass is 16.6. The van der Waals surface area contributed by atoms with Gasteiger partial charge in [0.1, 0.15) is 24.1 Å². The molecule has 1 fully saturated rings. The van der Waals surface area contributed by atoms with Gasteiger partial charge in [-0.05, 0) is 0 Å². The van der Waals surface area contributed by atoms with Gasteiger partial charge in [-0.2, -0.15) is 0 Å². The summed E-state index contributed by atoms with van der Waals surface area (Å²) in [6.45, 7) is 0. The molecule has 0 aliphatic carbocycles. The molecule has 1 aliphatic rings. The molecule has 112 valence electrons. The van der Waals surface area contributed by atoms with Gasteiger partial charge in [0.05, 0.1) is 18.9 Å². The fourth-order valence-corrected chi connectivity index (χ4v) is 2.36. The van der Waals surface area contributed by atoms with Crippen molar-refractivity contribution in [2.75, 3.05) is 5.73 Å². The number of aliphatic hydroxyl groups is 2. The molecule has 0 aromatic carbocycles. The molecule has 0 bridgehead atoms. The van der Waals surface area contributed by atoms with E-state index >= 15 is 0 Å². The van der Waals surface area contributed by atoms with Crippen LogP contribution in [0.1, 0.15) is 12.6 Å². The highest BCUT2D eigenvalue weighted by Crippen LogP contribution is 2.33. The van der Waals surface area contributed by atoms with Crippen molar-refractivity contribution >= 4 is 23.0 Å². The minimum atomic E-state index is -1.32. The number of hydrogen-bond acceptors (Lipinski definition) is 8. The number of aromatic nitrogens is 4. The molecule has 2 aromatic rings. The van der Waals surface area contributed by atoms with E-state index in [1.165, 1.54) is 17.2 Å². The topological polar surface area (TPSA) is 157 Å². The molecule has 3 heterocycles. The molecule has 21 heavy (non-hydrogen) atoms. The first-order valence-electron chi connectivity index (χ1n) is 6.15. The van der Waals surface area contributed by atoms with Gasteiger partial charge in [0, 0.05) is 0 Å². The Hall–Kier alpha value is -2.30. The Kier molecular flexibility index (Phi) is 3.20. The van der Waals surface area contributed by atoms with Crippen molar-refractivity contribution in [2.45, 2.75) is 31.0 Å². The van der Waals surface area contributed by atoms with Crippen LogP contribution in [0.4, 0.5) is 5.82 Å². The van der Waals surface area contributed by atoms with E-state index in [9.17, 15) is 15.0 Å². The molecule has 4 atom stereocenters. The summed E-state index contributed by atoms with van der Waals surface area (Å²) < 4.78 is 6.82. The van der Waals surface area contributed by atoms with Gasteiger partial charge >= 0.3 is 5.97 Å². The number of carboxylic acid groups (broad SMARTS) is 1. The van der Waals surface area contributed by atoms with E-state index in [2.05, 4.69) is 15.0 Å². The average molecular weight is 295 g/mol. The molecule has 10 nitrogen and oxygen atoms in total. The van der Waals surface area contributed by atoms with Crippen LogP contribution in [0.25, 0.3) is 11.2 Å². The molecule has 0 saturated carbocycles. The monoisotopic (exact) mass is 295 g/mol. The highest BCUT2D eigenvalue weighted by Gasteiger charge is 2.45. The lowest BCUT2D eigenvalue weighted by molar-refractivity contribution is -0.141. The van der Waals surface area contributed by atoms with Gasteiger partial charge in [-0.25, -0.2) is 15.0 Å². The smallest absolute Gasteiger partial charge is 0.306 e. The van der Waals surface area contributed by atoms with Gasteiger partial charge in [-0.15, -0.1) is 0 Å². The Morgan fingerprint density at radius 2 is 2.10 bits per heavy atom. The molecule has 2 aromatic heterocycles. The summed E-state index contributed by atoms with van der Waals surface area (Å²) in [5.74, 6) is -0.956. The number of carboxylic acids is 1. The second-order valence-corrected chi connectivity index (χ2v) is 4.73. The average Bonchev–Trinajstić information content (AvgIpc) is 2.96. The van der Waals surface area contributed by atoms with Crippen LogP contribution in [0.3, 0.4) is 0 Å². The van der Waals surface area contributed by atoms with Crippen molar-refractivity contribution in [1.82, 2.24) is 19.5 Å². The zero-order valence-corrected chi connectivity index (χ0v) is 10.7. The fraction of sp³-hybridized carbons (Fsp3) is 0.455. The van der Waals surface area contributed by atoms with Gasteiger partial charge < -0.3 is 25.8 Å². The number of anilines is 1. The van der Waals surface area contributed by atoms with Gasteiger partial charge in [-0.3, -0.25) is 9.36 Å². The van der Waals surface area contributed by atoms with Gasteiger partial charge in [0.2, 0.25) is 0 Å². The molecular weight excluding hydrogens is 282 g/mol. The number of nitrogens with two attached hydrogens (primary N) is 1. The van der Waals surface area contributed by atoms with Crippen LogP contribution < -0.4 is 5.73 Å². The molecule has 0 amide bonds. The van der Waals surface area contributed by atoms with E-state index in [1.54, 1.807) is 0 Å². The van der Waals surface area contributed by atoms with Crippen LogP contribution >= 0.6 is 0 Å². The van der Waals surface area contributed by atoms with Crippen molar-refractivity contribution in [3.63, 3.8) is 0 Å². The summed E-state index contributed by atoms with van der Waals surface area (Å²) in [4.78, 5) is 22.6. The van der Waals surface area contributed by atoms with Crippen molar-refractivity contribution in [2.24, 2.45) is 0 Å². The number of ether oxygens (including phenoxy) is 1. The zero-order chi connectivity index (χ0) is 15.1. The Labute approximate surface area is 117 Å². The first-order chi connectivity index (χ1) is 9.99. The van der Waals surface area contributed by atoms with Crippen LogP contribution in [0, 0.1) is 0 Å². The molecule has 0 radical (unpaired) electrons. The second-order valence-electron chi connectivity index (χ2n) is 4.73. The number of aliphatic hydroxyl groups excluding tert-OH is 2. The van der Waals surface area contributed by atoms with Crippen LogP contribution in [-0.4, -0.2) is 59.1 Å². The van der Waals surface area contributed by atoms with E-state index in [1.807, 2.05) is 0 Å². The summed E-state index contributed by atoms with van der Waals surface area (Å²) in [6, 6.07) is 0. The largest absolute Gasteiger partial charge is 0.481 e. The third-order valence-corrected chi connectivity index (χ3v) is 3.37. The first kappa shape index (κ1) is 13.7. The zero-order valence-electron chi connectivity index (χ0n) is 10.7. The SMILES string of the molecule is Nc1ncnc2c1ncn2[C@@H]1O[C@H](CC(=O)O)C(O)C1O. The quantitative estimate of drug-likeness (QED) is 0.529. The summed E-state index contributed by atoms with van der Waals surface area (Å²) in [6.07, 6.45) is -2.46. The van der Waals surface area contributed by atoms with E-state index in [0.29, 0.717) is 11.2 Å².